The van der Waals surface area contributed by atoms with Crippen LogP contribution in [-0.2, 0) is 19.5 Å². The molecule has 0 saturated heterocycles. The van der Waals surface area contributed by atoms with E-state index in [9.17, 15) is 0 Å². The second-order valence-electron chi connectivity index (χ2n) is 0. The Balaban J connectivity index is -0.00000000500. The average Bonchev–Trinajstić information content (AvgIpc) is 1.00. The number of hydrogen-bond acceptors (Lipinski definition) is 0. The van der Waals surface area contributed by atoms with Crippen molar-refractivity contribution in [1.29, 1.82) is 0 Å². The molecular formula is C3H8Ru. The molecule has 0 aromatic rings. The molecule has 0 nitrogen and oxygen atoms in total. The molecule has 0 amide bonds. The van der Waals surface area contributed by atoms with Crippen LogP contribution in [-0.4, -0.2) is 0 Å². The Hall–Kier alpha value is 0.623. The summed E-state index contributed by atoms with van der Waals surface area (Å²) in [5.74, 6) is 0. The normalized spacial score (nSPS) is 1.50. The van der Waals surface area contributed by atoms with Gasteiger partial charge in [0.1, 0.15) is 0 Å². The van der Waals surface area contributed by atoms with Crippen molar-refractivity contribution in [3.8, 4) is 0 Å². The topological polar surface area (TPSA) is 0 Å². The maximum atomic E-state index is 3.25. The molecule has 0 saturated carbocycles. The van der Waals surface area contributed by atoms with Gasteiger partial charge in [-0.15, -0.1) is 0 Å². The third kappa shape index (κ3) is 17.8. The fourth-order valence-corrected chi connectivity index (χ4v) is 0. The summed E-state index contributed by atoms with van der Waals surface area (Å²) in [6.45, 7) is 5.00. The van der Waals surface area contributed by atoms with Crippen molar-refractivity contribution < 1.29 is 19.5 Å². The van der Waals surface area contributed by atoms with Gasteiger partial charge in [0, 0.05) is 0 Å². The summed E-state index contributed by atoms with van der Waals surface area (Å²) < 4.78 is 0. The summed E-state index contributed by atoms with van der Waals surface area (Å²) >= 11 is 0. The van der Waals surface area contributed by atoms with Gasteiger partial charge in [-0.05, 0) is 0 Å². The van der Waals surface area contributed by atoms with E-state index in [0.29, 0.717) is 0 Å². The monoisotopic (exact) mass is 146 g/mol. The van der Waals surface area contributed by atoms with E-state index in [-0.39, 0.29) is 26.9 Å². The summed E-state index contributed by atoms with van der Waals surface area (Å²) in [4.78, 5) is 0. The van der Waals surface area contributed by atoms with Gasteiger partial charge >= 0.3 is 19.5 Å². The van der Waals surface area contributed by atoms with Crippen LogP contribution >= 0.6 is 0 Å². The van der Waals surface area contributed by atoms with Crippen molar-refractivity contribution in [1.82, 2.24) is 0 Å². The van der Waals surface area contributed by atoms with Gasteiger partial charge in [-0.3, -0.25) is 0 Å². The van der Waals surface area contributed by atoms with Crippen LogP contribution in [0.5, 0.6) is 0 Å². The molecule has 0 spiro atoms. The maximum absolute atomic E-state index is 3.25. The fraction of sp³-hybridized carbons (Fsp3) is 0.333. The zero-order valence-electron chi connectivity index (χ0n) is 3.06. The molecule has 0 aromatic carbocycles. The third-order valence-corrected chi connectivity index (χ3v) is 0. The van der Waals surface area contributed by atoms with Crippen LogP contribution in [0.2, 0.25) is 0 Å². The molecule has 1 heteroatoms. The quantitative estimate of drug-likeness (QED) is 0.356. The summed E-state index contributed by atoms with van der Waals surface area (Å²) in [7, 11) is 0. The van der Waals surface area contributed by atoms with Crippen molar-refractivity contribution >= 4 is 0 Å². The van der Waals surface area contributed by atoms with Gasteiger partial charge in [0.2, 0.25) is 0 Å². The Labute approximate surface area is 41.4 Å². The van der Waals surface area contributed by atoms with Gasteiger partial charge in [-0.2, -0.15) is 6.92 Å². The predicted molar refractivity (Wildman–Crippen MR) is 17.4 cm³/mol. The third-order valence-electron chi connectivity index (χ3n) is 0. The molecule has 0 aromatic heterocycles. The summed E-state index contributed by atoms with van der Waals surface area (Å²) in [6.07, 6.45) is 0. The van der Waals surface area contributed by atoms with Crippen molar-refractivity contribution in [2.45, 2.75) is 6.92 Å². The standard InChI is InChI=1S/C2H5.CH3.Ru/c1-2;;/h1H2,2H3;1H3;/q2*-1;+2. The molecule has 28 valence electrons. The first-order chi connectivity index (χ1) is 1.00. The van der Waals surface area contributed by atoms with Crippen molar-refractivity contribution in [2.75, 3.05) is 0 Å². The Morgan fingerprint density at radius 1 is 1.25 bits per heavy atom. The molecule has 0 unspecified atom stereocenters. The van der Waals surface area contributed by atoms with Crippen LogP contribution in [0.4, 0.5) is 0 Å². The predicted octanol–water partition coefficient (Wildman–Crippen LogP) is 1.29. The Morgan fingerprint density at radius 3 is 1.25 bits per heavy atom. The first-order valence-electron chi connectivity index (χ1n) is 0.707. The van der Waals surface area contributed by atoms with Crippen LogP contribution in [0.25, 0.3) is 0 Å². The van der Waals surface area contributed by atoms with E-state index >= 15 is 0 Å². The van der Waals surface area contributed by atoms with Gasteiger partial charge < -0.3 is 14.4 Å². The van der Waals surface area contributed by atoms with E-state index in [1.165, 1.54) is 0 Å². The largest absolute Gasteiger partial charge is 2.00 e. The zero-order valence-corrected chi connectivity index (χ0v) is 4.80. The minimum absolute atomic E-state index is 0. The molecule has 0 rings (SSSR count). The molecule has 0 fully saturated rings. The zero-order chi connectivity index (χ0) is 2.00. The smallest absolute Gasteiger partial charge is 0.358 e. The second kappa shape index (κ2) is 64.2. The van der Waals surface area contributed by atoms with Crippen LogP contribution in [0, 0.1) is 14.4 Å². The minimum Gasteiger partial charge on any atom is -0.358 e. The Morgan fingerprint density at radius 2 is 1.25 bits per heavy atom. The van der Waals surface area contributed by atoms with Crippen molar-refractivity contribution in [2.24, 2.45) is 0 Å². The minimum atomic E-state index is 0. The van der Waals surface area contributed by atoms with Gasteiger partial charge in [0.05, 0.1) is 0 Å². The van der Waals surface area contributed by atoms with Crippen LogP contribution in [0.1, 0.15) is 6.92 Å². The van der Waals surface area contributed by atoms with Gasteiger partial charge in [0.15, 0.2) is 0 Å². The molecule has 0 N–H and O–H groups in total. The molecule has 0 aliphatic carbocycles. The first-order valence-corrected chi connectivity index (χ1v) is 0.707. The van der Waals surface area contributed by atoms with Crippen LogP contribution in [0.15, 0.2) is 0 Å². The van der Waals surface area contributed by atoms with E-state index in [0.717, 1.165) is 0 Å². The molecule has 0 heterocycles. The molecule has 0 radical (unpaired) electrons. The fourth-order valence-electron chi connectivity index (χ4n) is 0. The van der Waals surface area contributed by atoms with Crippen LogP contribution < -0.4 is 0 Å². The number of hydrogen-bond donors (Lipinski definition) is 0. The number of rotatable bonds is 0. The van der Waals surface area contributed by atoms with E-state index in [4.69, 9.17) is 0 Å². The van der Waals surface area contributed by atoms with E-state index in [1.54, 1.807) is 6.92 Å². The van der Waals surface area contributed by atoms with Crippen molar-refractivity contribution in [3.63, 3.8) is 0 Å². The SMILES string of the molecule is [CH2-]C.[CH3-].[Ru+2]. The van der Waals surface area contributed by atoms with E-state index in [1.807, 2.05) is 0 Å². The maximum Gasteiger partial charge on any atom is 2.00 e. The first kappa shape index (κ1) is 23.0. The van der Waals surface area contributed by atoms with Gasteiger partial charge in [-0.1, -0.05) is 0 Å². The average molecular weight is 145 g/mol. The molecule has 0 bridgehead atoms. The van der Waals surface area contributed by atoms with E-state index in [2.05, 4.69) is 6.92 Å². The summed E-state index contributed by atoms with van der Waals surface area (Å²) in [6, 6.07) is 0. The summed E-state index contributed by atoms with van der Waals surface area (Å²) in [5, 5.41) is 0. The molecular weight excluding hydrogens is 137 g/mol. The van der Waals surface area contributed by atoms with Gasteiger partial charge in [-0.25, -0.2) is 0 Å². The molecule has 0 aliphatic heterocycles. The molecule has 4 heavy (non-hydrogen) atoms. The second-order valence-corrected chi connectivity index (χ2v) is 0. The van der Waals surface area contributed by atoms with Crippen LogP contribution in [0.3, 0.4) is 0 Å². The molecule has 0 aliphatic rings. The van der Waals surface area contributed by atoms with Crippen molar-refractivity contribution in [3.05, 3.63) is 14.4 Å². The molecule has 0 atom stereocenters. The van der Waals surface area contributed by atoms with Gasteiger partial charge in [0.25, 0.3) is 0 Å². The Bertz CT molecular complexity index is 3.25. The summed E-state index contributed by atoms with van der Waals surface area (Å²) in [5.41, 5.74) is 0. The van der Waals surface area contributed by atoms with E-state index < -0.39 is 0 Å². The Kier molecular flexibility index (Phi) is 370.